The third-order valence-corrected chi connectivity index (χ3v) is 4.11. The average Bonchev–Trinajstić information content (AvgIpc) is 2.66. The third kappa shape index (κ3) is 4.32. The molecule has 24 heavy (non-hydrogen) atoms. The molecule has 0 fully saturated rings. The summed E-state index contributed by atoms with van der Waals surface area (Å²) in [7, 11) is 0. The van der Waals surface area contributed by atoms with Crippen LogP contribution < -0.4 is 9.88 Å². The predicted molar refractivity (Wildman–Crippen MR) is 101 cm³/mol. The molecule has 1 heterocycles. The van der Waals surface area contributed by atoms with Crippen LogP contribution in [0.3, 0.4) is 0 Å². The molecule has 0 saturated carbocycles. The first-order valence-corrected chi connectivity index (χ1v) is 8.33. The Hall–Kier alpha value is -2.87. The molecule has 1 N–H and O–H groups in total. The van der Waals surface area contributed by atoms with Crippen molar-refractivity contribution in [3.8, 4) is 0 Å². The molecule has 3 rings (SSSR count). The molecule has 1 aromatic heterocycles. The lowest BCUT2D eigenvalue weighted by atomic mass is 10.1. The second-order valence-corrected chi connectivity index (χ2v) is 5.81. The first kappa shape index (κ1) is 16.0. The van der Waals surface area contributed by atoms with Gasteiger partial charge < -0.3 is 0 Å². The second-order valence-electron chi connectivity index (χ2n) is 5.81. The summed E-state index contributed by atoms with van der Waals surface area (Å²) >= 11 is 0. The van der Waals surface area contributed by atoms with E-state index in [0.717, 1.165) is 30.9 Å². The van der Waals surface area contributed by atoms with Gasteiger partial charge in [-0.05, 0) is 22.8 Å². The molecular formula is C22H23N2+. The van der Waals surface area contributed by atoms with Crippen molar-refractivity contribution in [2.75, 3.05) is 5.32 Å². The van der Waals surface area contributed by atoms with Gasteiger partial charge in [-0.2, -0.15) is 0 Å². The molecule has 2 aromatic carbocycles. The van der Waals surface area contributed by atoms with Crippen molar-refractivity contribution in [3.05, 3.63) is 102 Å². The summed E-state index contributed by atoms with van der Waals surface area (Å²) in [5, 5.41) is 3.53. The lowest BCUT2D eigenvalue weighted by Gasteiger charge is -2.08. The number of aromatic nitrogens is 1. The minimum Gasteiger partial charge on any atom is -0.270 e. The van der Waals surface area contributed by atoms with Gasteiger partial charge in [0.05, 0.1) is 12.7 Å². The van der Waals surface area contributed by atoms with Crippen molar-refractivity contribution in [2.24, 2.45) is 0 Å². The third-order valence-electron chi connectivity index (χ3n) is 4.11. The van der Waals surface area contributed by atoms with Crippen LogP contribution in [0.15, 0.2) is 85.6 Å². The van der Waals surface area contributed by atoms with Crippen molar-refractivity contribution in [1.82, 2.24) is 0 Å². The van der Waals surface area contributed by atoms with Gasteiger partial charge in [0, 0.05) is 12.5 Å². The largest absolute Gasteiger partial charge is 0.274 e. The van der Waals surface area contributed by atoms with Gasteiger partial charge >= 0.3 is 0 Å². The van der Waals surface area contributed by atoms with Gasteiger partial charge in [-0.15, -0.1) is 0 Å². The molecule has 0 aliphatic rings. The summed E-state index contributed by atoms with van der Waals surface area (Å²) in [6.45, 7) is 5.58. The molecule has 0 bridgehead atoms. The van der Waals surface area contributed by atoms with E-state index in [0.29, 0.717) is 0 Å². The highest BCUT2D eigenvalue weighted by molar-refractivity contribution is 5.47. The smallest absolute Gasteiger partial charge is 0.270 e. The van der Waals surface area contributed by atoms with Gasteiger partial charge in [-0.3, -0.25) is 5.32 Å². The van der Waals surface area contributed by atoms with E-state index < -0.39 is 0 Å². The maximum atomic E-state index is 3.80. The molecule has 120 valence electrons. The number of anilines is 1. The van der Waals surface area contributed by atoms with Crippen molar-refractivity contribution in [1.29, 1.82) is 0 Å². The summed E-state index contributed by atoms with van der Waals surface area (Å²) in [4.78, 5) is 0. The Morgan fingerprint density at radius 1 is 0.833 bits per heavy atom. The molecule has 2 heteroatoms. The zero-order valence-corrected chi connectivity index (χ0v) is 13.9. The molecule has 0 radical (unpaired) electrons. The summed E-state index contributed by atoms with van der Waals surface area (Å²) < 4.78 is 2.27. The Morgan fingerprint density at radius 2 is 1.58 bits per heavy atom. The minimum atomic E-state index is 0.832. The molecule has 2 nitrogen and oxygen atoms in total. The van der Waals surface area contributed by atoms with E-state index in [1.54, 1.807) is 0 Å². The number of pyridine rings is 1. The van der Waals surface area contributed by atoms with Crippen LogP contribution in [0.5, 0.6) is 0 Å². The number of aryl methyl sites for hydroxylation is 2. The summed E-state index contributed by atoms with van der Waals surface area (Å²) in [5.74, 6) is 1.14. The van der Waals surface area contributed by atoms with E-state index in [1.807, 2.05) is 12.1 Å². The standard InChI is InChI=1S/C22H22N2/c1-2-19-11-13-20(14-12-19)15-17-24-16-7-6-10-22(24)23-18-21-8-4-3-5-9-21/h2-14,16H,1,15,17-18H2/p+1. The van der Waals surface area contributed by atoms with Crippen LogP contribution in [0.4, 0.5) is 5.82 Å². The van der Waals surface area contributed by atoms with Gasteiger partial charge in [0.1, 0.15) is 6.54 Å². The fourth-order valence-corrected chi connectivity index (χ4v) is 2.69. The van der Waals surface area contributed by atoms with Crippen LogP contribution >= 0.6 is 0 Å². The number of hydrogen-bond acceptors (Lipinski definition) is 1. The Kier molecular flexibility index (Phi) is 5.41. The molecular weight excluding hydrogens is 292 g/mol. The molecule has 0 spiro atoms. The van der Waals surface area contributed by atoms with Crippen LogP contribution in [0.2, 0.25) is 0 Å². The van der Waals surface area contributed by atoms with Gasteiger partial charge in [0.2, 0.25) is 0 Å². The van der Waals surface area contributed by atoms with Crippen molar-refractivity contribution in [3.63, 3.8) is 0 Å². The number of nitrogens with zero attached hydrogens (tertiary/aromatic N) is 1. The van der Waals surface area contributed by atoms with E-state index in [-0.39, 0.29) is 0 Å². The quantitative estimate of drug-likeness (QED) is 0.636. The number of hydrogen-bond donors (Lipinski definition) is 1. The molecule has 0 unspecified atom stereocenters. The number of benzene rings is 2. The first-order chi connectivity index (χ1) is 11.8. The van der Waals surface area contributed by atoms with Gasteiger partial charge in [-0.25, -0.2) is 4.57 Å². The fourth-order valence-electron chi connectivity index (χ4n) is 2.69. The first-order valence-electron chi connectivity index (χ1n) is 8.33. The highest BCUT2D eigenvalue weighted by Crippen LogP contribution is 2.08. The lowest BCUT2D eigenvalue weighted by molar-refractivity contribution is -0.682. The second kappa shape index (κ2) is 8.11. The molecule has 0 amide bonds. The van der Waals surface area contributed by atoms with E-state index >= 15 is 0 Å². The predicted octanol–water partition coefficient (Wildman–Crippen LogP) is 4.47. The van der Waals surface area contributed by atoms with Gasteiger partial charge in [0.15, 0.2) is 0 Å². The maximum absolute atomic E-state index is 3.80. The van der Waals surface area contributed by atoms with Crippen LogP contribution in [0.1, 0.15) is 16.7 Å². The summed E-state index contributed by atoms with van der Waals surface area (Å²) in [5.41, 5.74) is 3.79. The Morgan fingerprint density at radius 3 is 2.33 bits per heavy atom. The van der Waals surface area contributed by atoms with E-state index in [4.69, 9.17) is 0 Å². The topological polar surface area (TPSA) is 15.9 Å². The molecule has 0 saturated heterocycles. The van der Waals surface area contributed by atoms with Crippen molar-refractivity contribution < 1.29 is 4.57 Å². The van der Waals surface area contributed by atoms with Gasteiger partial charge in [0.25, 0.3) is 5.82 Å². The Balaban J connectivity index is 1.63. The Labute approximate surface area is 144 Å². The molecule has 0 atom stereocenters. The Bertz CT molecular complexity index is 777. The highest BCUT2D eigenvalue weighted by Gasteiger charge is 2.08. The average molecular weight is 315 g/mol. The minimum absolute atomic E-state index is 0.832. The van der Waals surface area contributed by atoms with Crippen LogP contribution in [0.25, 0.3) is 6.08 Å². The van der Waals surface area contributed by atoms with Gasteiger partial charge in [-0.1, -0.05) is 73.3 Å². The lowest BCUT2D eigenvalue weighted by Crippen LogP contribution is -2.37. The van der Waals surface area contributed by atoms with Crippen LogP contribution in [0, 0.1) is 0 Å². The zero-order chi connectivity index (χ0) is 16.6. The molecule has 0 aliphatic carbocycles. The number of nitrogens with one attached hydrogen (secondary N) is 1. The zero-order valence-electron chi connectivity index (χ0n) is 13.9. The van der Waals surface area contributed by atoms with Crippen LogP contribution in [-0.4, -0.2) is 0 Å². The monoisotopic (exact) mass is 315 g/mol. The SMILES string of the molecule is C=Cc1ccc(CC[n+]2ccccc2NCc2ccccc2)cc1. The van der Waals surface area contributed by atoms with E-state index in [2.05, 4.69) is 89.4 Å². The summed E-state index contributed by atoms with van der Waals surface area (Å²) in [6.07, 6.45) is 5.01. The van der Waals surface area contributed by atoms with Crippen molar-refractivity contribution >= 4 is 11.9 Å². The molecule has 0 aliphatic heterocycles. The van der Waals surface area contributed by atoms with Crippen molar-refractivity contribution in [2.45, 2.75) is 19.5 Å². The highest BCUT2D eigenvalue weighted by atomic mass is 15.1. The maximum Gasteiger partial charge on any atom is 0.274 e. The number of rotatable bonds is 7. The van der Waals surface area contributed by atoms with E-state index in [1.165, 1.54) is 11.1 Å². The van der Waals surface area contributed by atoms with Crippen LogP contribution in [-0.2, 0) is 19.5 Å². The normalized spacial score (nSPS) is 10.3. The summed E-state index contributed by atoms with van der Waals surface area (Å²) in [6, 6.07) is 25.3. The molecule has 3 aromatic rings. The fraction of sp³-hybridized carbons (Fsp3) is 0.136. The van der Waals surface area contributed by atoms with E-state index in [9.17, 15) is 0 Å².